The van der Waals surface area contributed by atoms with Gasteiger partial charge in [-0.2, -0.15) is 4.98 Å². The zero-order valence-electron chi connectivity index (χ0n) is 15.4. The van der Waals surface area contributed by atoms with Gasteiger partial charge in [0.15, 0.2) is 0 Å². The number of piperidine rings is 1. The molecule has 0 radical (unpaired) electrons. The largest absolute Gasteiger partial charge is 0.353 e. The number of anilines is 2. The van der Waals surface area contributed by atoms with E-state index >= 15 is 0 Å². The van der Waals surface area contributed by atoms with E-state index in [1.54, 1.807) is 0 Å². The minimum absolute atomic E-state index is 0.122. The number of nitrogens with zero attached hydrogens (tertiary/aromatic N) is 5. The molecule has 2 aliphatic rings. The van der Waals surface area contributed by atoms with E-state index in [0.717, 1.165) is 47.1 Å². The van der Waals surface area contributed by atoms with Gasteiger partial charge >= 0.3 is 0 Å². The molecule has 2 aliphatic heterocycles. The molecule has 0 unspecified atom stereocenters. The molecule has 1 aromatic heterocycles. The maximum absolute atomic E-state index is 12.8. The predicted molar refractivity (Wildman–Crippen MR) is 115 cm³/mol. The van der Waals surface area contributed by atoms with Gasteiger partial charge in [-0.15, -0.1) is 0 Å². The fourth-order valence-corrected chi connectivity index (χ4v) is 4.32. The fourth-order valence-electron chi connectivity index (χ4n) is 3.71. The first kappa shape index (κ1) is 18.5. The Kier molecular flexibility index (Phi) is 5.75. The molecular weight excluding hydrogens is 453 g/mol. The molecule has 2 aromatic rings. The maximum atomic E-state index is 12.8. The molecule has 0 atom stereocenters. The van der Waals surface area contributed by atoms with Gasteiger partial charge in [0.25, 0.3) is 5.91 Å². The first-order valence-corrected chi connectivity index (χ1v) is 10.7. The van der Waals surface area contributed by atoms with E-state index in [4.69, 9.17) is 4.98 Å². The van der Waals surface area contributed by atoms with Gasteiger partial charge in [0, 0.05) is 49.0 Å². The van der Waals surface area contributed by atoms with Crippen LogP contribution in [0.2, 0.25) is 0 Å². The standard InChI is InChI=1S/C20H24IN5O/c21-17-7-3-2-6-16(17)19(27)25-14-12-24(13-15-25)18-8-9-22-20(23-18)26-10-4-1-5-11-26/h2-3,6-9H,1,4-5,10-15H2. The molecule has 0 bridgehead atoms. The van der Waals surface area contributed by atoms with Crippen LogP contribution in [0.15, 0.2) is 36.5 Å². The highest BCUT2D eigenvalue weighted by Gasteiger charge is 2.24. The van der Waals surface area contributed by atoms with Crippen molar-refractivity contribution in [3.05, 3.63) is 45.7 Å². The van der Waals surface area contributed by atoms with Crippen molar-refractivity contribution < 1.29 is 4.79 Å². The Morgan fingerprint density at radius 1 is 0.889 bits per heavy atom. The monoisotopic (exact) mass is 477 g/mol. The van der Waals surface area contributed by atoms with E-state index < -0.39 is 0 Å². The molecule has 2 fully saturated rings. The molecule has 142 valence electrons. The summed E-state index contributed by atoms with van der Waals surface area (Å²) in [4.78, 5) is 28.6. The van der Waals surface area contributed by atoms with Gasteiger partial charge in [-0.3, -0.25) is 4.79 Å². The van der Waals surface area contributed by atoms with Gasteiger partial charge in [0.2, 0.25) is 5.95 Å². The van der Waals surface area contributed by atoms with E-state index in [-0.39, 0.29) is 5.91 Å². The van der Waals surface area contributed by atoms with E-state index in [1.807, 2.05) is 41.4 Å². The normalized spacial score (nSPS) is 17.9. The summed E-state index contributed by atoms with van der Waals surface area (Å²) in [5.41, 5.74) is 0.793. The average Bonchev–Trinajstić information content (AvgIpc) is 2.74. The quantitative estimate of drug-likeness (QED) is 0.637. The lowest BCUT2D eigenvalue weighted by molar-refractivity contribution is 0.0745. The summed E-state index contributed by atoms with van der Waals surface area (Å²) in [5, 5.41) is 0. The van der Waals surface area contributed by atoms with Crippen LogP contribution in [0.5, 0.6) is 0 Å². The average molecular weight is 477 g/mol. The van der Waals surface area contributed by atoms with Crippen molar-refractivity contribution in [1.29, 1.82) is 0 Å². The highest BCUT2D eigenvalue weighted by Crippen LogP contribution is 2.21. The van der Waals surface area contributed by atoms with Crippen LogP contribution in [0.25, 0.3) is 0 Å². The Bertz CT molecular complexity index is 800. The number of rotatable bonds is 3. The summed E-state index contributed by atoms with van der Waals surface area (Å²) < 4.78 is 1.00. The molecule has 6 nitrogen and oxygen atoms in total. The van der Waals surface area contributed by atoms with E-state index in [9.17, 15) is 4.79 Å². The highest BCUT2D eigenvalue weighted by molar-refractivity contribution is 14.1. The first-order valence-electron chi connectivity index (χ1n) is 9.59. The maximum Gasteiger partial charge on any atom is 0.255 e. The molecule has 1 amide bonds. The van der Waals surface area contributed by atoms with E-state index in [1.165, 1.54) is 19.3 Å². The van der Waals surface area contributed by atoms with Crippen LogP contribution in [-0.4, -0.2) is 60.0 Å². The second-order valence-electron chi connectivity index (χ2n) is 7.02. The minimum atomic E-state index is 0.122. The number of carbonyl (C=O) groups excluding carboxylic acids is 1. The number of aromatic nitrogens is 2. The molecule has 0 spiro atoms. The SMILES string of the molecule is O=C(c1ccccc1I)N1CCN(c2ccnc(N3CCCCC3)n2)CC1. The summed E-state index contributed by atoms with van der Waals surface area (Å²) in [6, 6.07) is 9.75. The molecule has 2 saturated heterocycles. The first-order chi connectivity index (χ1) is 13.2. The molecule has 27 heavy (non-hydrogen) atoms. The van der Waals surface area contributed by atoms with Crippen LogP contribution >= 0.6 is 22.6 Å². The van der Waals surface area contributed by atoms with Crippen LogP contribution in [0.1, 0.15) is 29.6 Å². The third-order valence-corrected chi connectivity index (χ3v) is 6.20. The van der Waals surface area contributed by atoms with Crippen molar-refractivity contribution in [2.24, 2.45) is 0 Å². The molecule has 1 aromatic carbocycles. The summed E-state index contributed by atoms with van der Waals surface area (Å²) in [6.45, 7) is 5.11. The number of amides is 1. The molecule has 0 saturated carbocycles. The number of hydrogen-bond acceptors (Lipinski definition) is 5. The van der Waals surface area contributed by atoms with Crippen molar-refractivity contribution in [1.82, 2.24) is 14.9 Å². The van der Waals surface area contributed by atoms with Crippen molar-refractivity contribution >= 4 is 40.3 Å². The highest BCUT2D eigenvalue weighted by atomic mass is 127. The molecule has 7 heteroatoms. The molecule has 3 heterocycles. The fraction of sp³-hybridized carbons (Fsp3) is 0.450. The van der Waals surface area contributed by atoms with Crippen molar-refractivity contribution in [3.63, 3.8) is 0 Å². The van der Waals surface area contributed by atoms with Gasteiger partial charge < -0.3 is 14.7 Å². The Morgan fingerprint density at radius 3 is 2.37 bits per heavy atom. The Morgan fingerprint density at radius 2 is 1.63 bits per heavy atom. The zero-order chi connectivity index (χ0) is 18.6. The van der Waals surface area contributed by atoms with Gasteiger partial charge in [0.1, 0.15) is 5.82 Å². The van der Waals surface area contributed by atoms with Crippen LogP contribution in [0.3, 0.4) is 0 Å². The number of piperazine rings is 1. The van der Waals surface area contributed by atoms with Gasteiger partial charge in [0.05, 0.1) is 5.56 Å². The Labute approximate surface area is 173 Å². The third-order valence-electron chi connectivity index (χ3n) is 5.26. The molecule has 0 aliphatic carbocycles. The lowest BCUT2D eigenvalue weighted by Gasteiger charge is -2.36. The van der Waals surface area contributed by atoms with Crippen LogP contribution < -0.4 is 9.80 Å². The summed E-state index contributed by atoms with van der Waals surface area (Å²) >= 11 is 2.23. The second-order valence-corrected chi connectivity index (χ2v) is 8.18. The van der Waals surface area contributed by atoms with Crippen molar-refractivity contribution in [2.45, 2.75) is 19.3 Å². The molecular formula is C20H24IN5O. The van der Waals surface area contributed by atoms with Crippen LogP contribution in [0.4, 0.5) is 11.8 Å². The summed E-state index contributed by atoms with van der Waals surface area (Å²) in [6.07, 6.45) is 5.59. The lowest BCUT2D eigenvalue weighted by atomic mass is 10.1. The molecule has 0 N–H and O–H groups in total. The molecule has 4 rings (SSSR count). The number of hydrogen-bond donors (Lipinski definition) is 0. The Hall–Kier alpha value is -1.90. The van der Waals surface area contributed by atoms with E-state index in [0.29, 0.717) is 13.1 Å². The van der Waals surface area contributed by atoms with E-state index in [2.05, 4.69) is 37.4 Å². The lowest BCUT2D eigenvalue weighted by Crippen LogP contribution is -2.49. The topological polar surface area (TPSA) is 52.6 Å². The van der Waals surface area contributed by atoms with Crippen LogP contribution in [0, 0.1) is 3.57 Å². The predicted octanol–water partition coefficient (Wildman–Crippen LogP) is 3.03. The third kappa shape index (κ3) is 4.17. The number of benzene rings is 1. The summed E-state index contributed by atoms with van der Waals surface area (Å²) in [7, 11) is 0. The van der Waals surface area contributed by atoms with Crippen LogP contribution in [-0.2, 0) is 0 Å². The van der Waals surface area contributed by atoms with Gasteiger partial charge in [-0.1, -0.05) is 12.1 Å². The Balaban J connectivity index is 1.40. The summed E-state index contributed by atoms with van der Waals surface area (Å²) in [5.74, 6) is 1.92. The van der Waals surface area contributed by atoms with Crippen molar-refractivity contribution in [3.8, 4) is 0 Å². The number of carbonyl (C=O) groups is 1. The smallest absolute Gasteiger partial charge is 0.255 e. The number of halogens is 1. The van der Waals surface area contributed by atoms with Crippen molar-refractivity contribution in [2.75, 3.05) is 49.1 Å². The minimum Gasteiger partial charge on any atom is -0.353 e. The second kappa shape index (κ2) is 8.41. The zero-order valence-corrected chi connectivity index (χ0v) is 17.5. The van der Waals surface area contributed by atoms with Gasteiger partial charge in [-0.05, 0) is 60.1 Å². The van der Waals surface area contributed by atoms with Gasteiger partial charge in [-0.25, -0.2) is 4.98 Å².